The molecular weight excluding hydrogens is 409 g/mol. The molecule has 1 aliphatic heterocycles. The Balaban J connectivity index is 1.71. The molecule has 0 spiro atoms. The summed E-state index contributed by atoms with van der Waals surface area (Å²) in [6.07, 6.45) is -4.47. The van der Waals surface area contributed by atoms with E-state index < -0.39 is 17.8 Å². The number of furan rings is 1. The normalized spacial score (nSPS) is 16.7. The second-order valence-electron chi connectivity index (χ2n) is 7.14. The quantitative estimate of drug-likeness (QED) is 0.641. The Kier molecular flexibility index (Phi) is 6.21. The Morgan fingerprint density at radius 1 is 1.31 bits per heavy atom. The monoisotopic (exact) mass is 428 g/mol. The highest BCUT2D eigenvalue weighted by Gasteiger charge is 2.32. The van der Waals surface area contributed by atoms with Crippen LogP contribution in [0.5, 0.6) is 0 Å². The zero-order chi connectivity index (χ0) is 21.2. The Morgan fingerprint density at radius 3 is 2.69 bits per heavy atom. The first-order chi connectivity index (χ1) is 13.6. The number of carbonyl (C=O) groups is 1. The summed E-state index contributed by atoms with van der Waals surface area (Å²) in [6, 6.07) is 8.24. The van der Waals surface area contributed by atoms with Crippen LogP contribution < -0.4 is 0 Å². The van der Waals surface area contributed by atoms with Gasteiger partial charge in [-0.25, -0.2) is 0 Å². The van der Waals surface area contributed by atoms with Gasteiger partial charge in [-0.05, 0) is 41.4 Å². The van der Waals surface area contributed by atoms with Crippen LogP contribution >= 0.6 is 11.6 Å². The van der Waals surface area contributed by atoms with Crippen molar-refractivity contribution in [1.29, 1.82) is 0 Å². The number of hydrogen-bond donors (Lipinski definition) is 0. The Bertz CT molecular complexity index is 908. The summed E-state index contributed by atoms with van der Waals surface area (Å²) in [5, 5.41) is 4.22. The average Bonchev–Trinajstić information content (AvgIpc) is 3.29. The van der Waals surface area contributed by atoms with Gasteiger partial charge in [0.2, 0.25) is 5.91 Å². The highest BCUT2D eigenvalue weighted by molar-refractivity contribution is 6.29. The molecule has 2 heterocycles. The molecule has 0 unspecified atom stereocenters. The first-order valence-corrected chi connectivity index (χ1v) is 9.44. The first-order valence-electron chi connectivity index (χ1n) is 9.07. The summed E-state index contributed by atoms with van der Waals surface area (Å²) in [5.41, 5.74) is 0.216. The van der Waals surface area contributed by atoms with Crippen molar-refractivity contribution in [3.8, 4) is 0 Å². The van der Waals surface area contributed by atoms with Gasteiger partial charge in [0.05, 0.1) is 12.1 Å². The summed E-state index contributed by atoms with van der Waals surface area (Å²) >= 11 is 5.78. The topological polar surface area (TPSA) is 55.0 Å². The number of hydrogen-bond acceptors (Lipinski definition) is 4. The Hall–Kier alpha value is -2.48. The Labute approximate surface area is 171 Å². The fourth-order valence-electron chi connectivity index (χ4n) is 3.05. The number of benzene rings is 1. The molecule has 1 amide bonds. The molecule has 2 aromatic rings. The molecule has 0 saturated heterocycles. The van der Waals surface area contributed by atoms with Gasteiger partial charge in [-0.1, -0.05) is 31.1 Å². The van der Waals surface area contributed by atoms with Crippen LogP contribution in [0.15, 0.2) is 46.0 Å². The van der Waals surface area contributed by atoms with Gasteiger partial charge < -0.3 is 14.2 Å². The molecule has 9 heteroatoms. The van der Waals surface area contributed by atoms with E-state index in [1.54, 1.807) is 32.0 Å². The van der Waals surface area contributed by atoms with Crippen molar-refractivity contribution in [2.75, 3.05) is 6.54 Å². The zero-order valence-electron chi connectivity index (χ0n) is 15.9. The van der Waals surface area contributed by atoms with Crippen LogP contribution in [-0.4, -0.2) is 29.2 Å². The molecule has 1 aromatic carbocycles. The minimum Gasteiger partial charge on any atom is -0.443 e. The largest absolute Gasteiger partial charge is 0.443 e. The standard InChI is InChI=1S/C20H20ClF3N2O3/c1-12(2)19(27)26(10-13-4-3-5-14(8-13)20(22,23)24)11-15-9-16(25-29-15)17-6-7-18(21)28-17/h3-8,12,15H,9-11H2,1-2H3/t15-/m0/s1. The van der Waals surface area contributed by atoms with Crippen molar-refractivity contribution in [2.45, 2.75) is 39.1 Å². The van der Waals surface area contributed by atoms with E-state index in [2.05, 4.69) is 5.16 Å². The summed E-state index contributed by atoms with van der Waals surface area (Å²) in [5.74, 6) is -0.0101. The maximum Gasteiger partial charge on any atom is 0.416 e. The summed E-state index contributed by atoms with van der Waals surface area (Å²) in [6.45, 7) is 3.71. The molecular formula is C20H20ClF3N2O3. The third kappa shape index (κ3) is 5.32. The molecule has 5 nitrogen and oxygen atoms in total. The van der Waals surface area contributed by atoms with Gasteiger partial charge in [-0.15, -0.1) is 0 Å². The number of nitrogens with zero attached hydrogens (tertiary/aromatic N) is 2. The van der Waals surface area contributed by atoms with Crippen molar-refractivity contribution in [2.24, 2.45) is 11.1 Å². The van der Waals surface area contributed by atoms with Crippen LogP contribution in [0.3, 0.4) is 0 Å². The number of oxime groups is 1. The molecule has 0 aliphatic carbocycles. The minimum absolute atomic E-state index is 0.0444. The van der Waals surface area contributed by atoms with E-state index in [1.807, 2.05) is 0 Å². The maximum atomic E-state index is 13.0. The van der Waals surface area contributed by atoms with Crippen molar-refractivity contribution < 1.29 is 27.2 Å². The lowest BCUT2D eigenvalue weighted by molar-refractivity contribution is -0.137. The highest BCUT2D eigenvalue weighted by Crippen LogP contribution is 2.30. The van der Waals surface area contributed by atoms with Crippen molar-refractivity contribution in [1.82, 2.24) is 4.90 Å². The maximum absolute atomic E-state index is 13.0. The van der Waals surface area contributed by atoms with Gasteiger partial charge in [0.15, 0.2) is 17.1 Å². The molecule has 3 rings (SSSR count). The third-order valence-electron chi connectivity index (χ3n) is 4.45. The number of alkyl halides is 3. The van der Waals surface area contributed by atoms with E-state index in [0.29, 0.717) is 23.5 Å². The van der Waals surface area contributed by atoms with Crippen molar-refractivity contribution in [3.63, 3.8) is 0 Å². The number of rotatable bonds is 6. The van der Waals surface area contributed by atoms with Crippen LogP contribution in [0.1, 0.15) is 37.2 Å². The predicted octanol–water partition coefficient (Wildman–Crippen LogP) is 5.13. The van der Waals surface area contributed by atoms with Crippen LogP contribution in [0.4, 0.5) is 13.2 Å². The second kappa shape index (κ2) is 8.49. The lowest BCUT2D eigenvalue weighted by atomic mass is 10.1. The number of carbonyl (C=O) groups excluding carboxylic acids is 1. The van der Waals surface area contributed by atoms with E-state index in [9.17, 15) is 18.0 Å². The number of amides is 1. The van der Waals surface area contributed by atoms with Crippen LogP contribution in [-0.2, 0) is 22.4 Å². The van der Waals surface area contributed by atoms with Crippen LogP contribution in [0, 0.1) is 5.92 Å². The molecule has 0 bridgehead atoms. The van der Waals surface area contributed by atoms with Gasteiger partial charge in [0.1, 0.15) is 5.71 Å². The minimum atomic E-state index is -4.44. The molecule has 156 valence electrons. The van der Waals surface area contributed by atoms with Crippen LogP contribution in [0.2, 0.25) is 5.22 Å². The predicted molar refractivity (Wildman–Crippen MR) is 101 cm³/mol. The molecule has 0 radical (unpaired) electrons. The lowest BCUT2D eigenvalue weighted by Gasteiger charge is -2.27. The summed E-state index contributed by atoms with van der Waals surface area (Å²) < 4.78 is 44.3. The lowest BCUT2D eigenvalue weighted by Crippen LogP contribution is -2.39. The molecule has 0 fully saturated rings. The SMILES string of the molecule is CC(C)C(=O)N(Cc1cccc(C(F)(F)F)c1)C[C@@H]1CC(c2ccc(Cl)o2)=NO1. The molecule has 1 aromatic heterocycles. The van der Waals surface area contributed by atoms with Crippen molar-refractivity contribution >= 4 is 23.2 Å². The molecule has 0 saturated carbocycles. The summed E-state index contributed by atoms with van der Waals surface area (Å²) in [7, 11) is 0. The number of halogens is 4. The van der Waals surface area contributed by atoms with E-state index >= 15 is 0 Å². The van der Waals surface area contributed by atoms with Gasteiger partial charge >= 0.3 is 6.18 Å². The van der Waals surface area contributed by atoms with Gasteiger partial charge in [0, 0.05) is 18.9 Å². The van der Waals surface area contributed by atoms with E-state index in [-0.39, 0.29) is 30.1 Å². The van der Waals surface area contributed by atoms with E-state index in [4.69, 9.17) is 20.9 Å². The fraction of sp³-hybridized carbons (Fsp3) is 0.400. The molecule has 29 heavy (non-hydrogen) atoms. The Morgan fingerprint density at radius 2 is 2.07 bits per heavy atom. The van der Waals surface area contributed by atoms with E-state index in [1.165, 1.54) is 11.0 Å². The smallest absolute Gasteiger partial charge is 0.416 e. The fourth-order valence-corrected chi connectivity index (χ4v) is 3.20. The molecule has 1 atom stereocenters. The highest BCUT2D eigenvalue weighted by atomic mass is 35.5. The summed E-state index contributed by atoms with van der Waals surface area (Å²) in [4.78, 5) is 19.6. The van der Waals surface area contributed by atoms with E-state index in [0.717, 1.165) is 12.1 Å². The average molecular weight is 429 g/mol. The van der Waals surface area contributed by atoms with Crippen molar-refractivity contribution in [3.05, 3.63) is 58.5 Å². The van der Waals surface area contributed by atoms with Gasteiger partial charge in [0.25, 0.3) is 0 Å². The first kappa shape index (κ1) is 21.2. The van der Waals surface area contributed by atoms with Gasteiger partial charge in [-0.2, -0.15) is 13.2 Å². The third-order valence-corrected chi connectivity index (χ3v) is 4.65. The zero-order valence-corrected chi connectivity index (χ0v) is 16.6. The second-order valence-corrected chi connectivity index (χ2v) is 7.52. The van der Waals surface area contributed by atoms with Gasteiger partial charge in [-0.3, -0.25) is 4.79 Å². The molecule has 1 aliphatic rings. The molecule has 0 N–H and O–H groups in total. The van der Waals surface area contributed by atoms with Crippen LogP contribution in [0.25, 0.3) is 0 Å².